The van der Waals surface area contributed by atoms with E-state index in [2.05, 4.69) is 58.7 Å². The highest BCUT2D eigenvalue weighted by Gasteiger charge is 2.17. The first kappa shape index (κ1) is 12.3. The van der Waals surface area contributed by atoms with Gasteiger partial charge in [0, 0.05) is 9.75 Å². The third kappa shape index (κ3) is 2.56. The van der Waals surface area contributed by atoms with E-state index < -0.39 is 0 Å². The highest BCUT2D eigenvalue weighted by atomic mass is 79.9. The van der Waals surface area contributed by atoms with Crippen LogP contribution in [0.15, 0.2) is 27.4 Å². The first-order chi connectivity index (χ1) is 7.72. The molecule has 0 aliphatic heterocycles. The van der Waals surface area contributed by atoms with Gasteiger partial charge in [-0.25, -0.2) is 0 Å². The van der Waals surface area contributed by atoms with Crippen molar-refractivity contribution in [3.05, 3.63) is 42.7 Å². The molecule has 16 heavy (non-hydrogen) atoms. The van der Waals surface area contributed by atoms with Crippen LogP contribution in [0.25, 0.3) is 0 Å². The SMILES string of the molecule is CCNC(c1ccc(Br)s1)c1ccsc1C. The molecule has 0 aliphatic carbocycles. The third-order valence-electron chi connectivity index (χ3n) is 2.50. The van der Waals surface area contributed by atoms with Crippen molar-refractivity contribution in [1.29, 1.82) is 0 Å². The van der Waals surface area contributed by atoms with Crippen LogP contribution in [-0.2, 0) is 0 Å². The summed E-state index contributed by atoms with van der Waals surface area (Å²) >= 11 is 7.14. The number of aryl methyl sites for hydroxylation is 1. The summed E-state index contributed by atoms with van der Waals surface area (Å²) in [4.78, 5) is 2.77. The molecule has 0 aliphatic rings. The molecule has 86 valence electrons. The lowest BCUT2D eigenvalue weighted by molar-refractivity contribution is 0.639. The summed E-state index contributed by atoms with van der Waals surface area (Å²) in [6.45, 7) is 5.32. The summed E-state index contributed by atoms with van der Waals surface area (Å²) in [6, 6.07) is 6.87. The quantitative estimate of drug-likeness (QED) is 0.870. The monoisotopic (exact) mass is 315 g/mol. The molecule has 1 N–H and O–H groups in total. The minimum Gasteiger partial charge on any atom is -0.306 e. The maximum Gasteiger partial charge on any atom is 0.0702 e. The van der Waals surface area contributed by atoms with Gasteiger partial charge in [0.25, 0.3) is 0 Å². The van der Waals surface area contributed by atoms with Gasteiger partial charge in [-0.05, 0) is 58.5 Å². The van der Waals surface area contributed by atoms with Crippen LogP contribution in [0, 0.1) is 6.92 Å². The molecule has 0 saturated carbocycles. The molecular weight excluding hydrogens is 302 g/mol. The number of halogens is 1. The number of nitrogens with one attached hydrogen (secondary N) is 1. The van der Waals surface area contributed by atoms with Crippen LogP contribution in [0.2, 0.25) is 0 Å². The Labute approximate surface area is 113 Å². The fourth-order valence-electron chi connectivity index (χ4n) is 1.75. The summed E-state index contributed by atoms with van der Waals surface area (Å²) in [5, 5.41) is 5.72. The maximum atomic E-state index is 3.55. The molecule has 2 rings (SSSR count). The summed E-state index contributed by atoms with van der Waals surface area (Å²) in [5.74, 6) is 0. The Balaban J connectivity index is 2.34. The molecule has 0 radical (unpaired) electrons. The Morgan fingerprint density at radius 3 is 2.69 bits per heavy atom. The Morgan fingerprint density at radius 2 is 2.19 bits per heavy atom. The van der Waals surface area contributed by atoms with Gasteiger partial charge in [-0.1, -0.05) is 6.92 Å². The van der Waals surface area contributed by atoms with Crippen molar-refractivity contribution < 1.29 is 0 Å². The molecule has 0 spiro atoms. The topological polar surface area (TPSA) is 12.0 Å². The van der Waals surface area contributed by atoms with Crippen LogP contribution < -0.4 is 5.32 Å². The molecule has 1 nitrogen and oxygen atoms in total. The van der Waals surface area contributed by atoms with E-state index in [1.165, 1.54) is 19.1 Å². The molecule has 0 amide bonds. The zero-order chi connectivity index (χ0) is 11.5. The highest BCUT2D eigenvalue weighted by molar-refractivity contribution is 9.11. The van der Waals surface area contributed by atoms with Crippen LogP contribution in [0.1, 0.15) is 28.3 Å². The zero-order valence-corrected chi connectivity index (χ0v) is 12.5. The van der Waals surface area contributed by atoms with Gasteiger partial charge in [-0.2, -0.15) is 0 Å². The molecule has 1 unspecified atom stereocenters. The Bertz CT molecular complexity index is 461. The van der Waals surface area contributed by atoms with Gasteiger partial charge in [0.05, 0.1) is 9.83 Å². The predicted octanol–water partition coefficient (Wildman–Crippen LogP) is 4.58. The molecule has 2 heterocycles. The van der Waals surface area contributed by atoms with E-state index in [1.54, 1.807) is 11.3 Å². The van der Waals surface area contributed by atoms with Gasteiger partial charge in [0.2, 0.25) is 0 Å². The number of hydrogen-bond acceptors (Lipinski definition) is 3. The van der Waals surface area contributed by atoms with E-state index >= 15 is 0 Å². The lowest BCUT2D eigenvalue weighted by Gasteiger charge is -2.16. The smallest absolute Gasteiger partial charge is 0.0702 e. The van der Waals surface area contributed by atoms with Crippen molar-refractivity contribution >= 4 is 38.6 Å². The van der Waals surface area contributed by atoms with Crippen molar-refractivity contribution in [2.24, 2.45) is 0 Å². The fraction of sp³-hybridized carbons (Fsp3) is 0.333. The van der Waals surface area contributed by atoms with Gasteiger partial charge in [-0.15, -0.1) is 22.7 Å². The Hall–Kier alpha value is -0.160. The summed E-state index contributed by atoms with van der Waals surface area (Å²) in [6.07, 6.45) is 0. The average Bonchev–Trinajstić information content (AvgIpc) is 2.84. The standard InChI is InChI=1S/C12H14BrNS2/c1-3-14-12(9-6-7-15-8(9)2)10-4-5-11(13)16-10/h4-7,12,14H,3H2,1-2H3. The molecule has 0 fully saturated rings. The average molecular weight is 316 g/mol. The van der Waals surface area contributed by atoms with Gasteiger partial charge in [0.15, 0.2) is 0 Å². The van der Waals surface area contributed by atoms with E-state index in [1.807, 2.05) is 11.3 Å². The van der Waals surface area contributed by atoms with Crippen LogP contribution in [0.3, 0.4) is 0 Å². The first-order valence-electron chi connectivity index (χ1n) is 5.25. The molecule has 0 saturated heterocycles. The van der Waals surface area contributed by atoms with Gasteiger partial charge in [0.1, 0.15) is 0 Å². The number of hydrogen-bond donors (Lipinski definition) is 1. The number of thiophene rings is 2. The van der Waals surface area contributed by atoms with Gasteiger partial charge in [-0.3, -0.25) is 0 Å². The summed E-state index contributed by atoms with van der Waals surface area (Å²) in [5.41, 5.74) is 1.40. The van der Waals surface area contributed by atoms with E-state index in [0.717, 1.165) is 6.54 Å². The van der Waals surface area contributed by atoms with Gasteiger partial charge >= 0.3 is 0 Å². The normalized spacial score (nSPS) is 12.9. The molecule has 0 aromatic carbocycles. The molecule has 1 atom stereocenters. The van der Waals surface area contributed by atoms with E-state index in [0.29, 0.717) is 6.04 Å². The van der Waals surface area contributed by atoms with Gasteiger partial charge < -0.3 is 5.32 Å². The molecule has 2 aromatic rings. The van der Waals surface area contributed by atoms with Crippen molar-refractivity contribution in [2.75, 3.05) is 6.54 Å². The zero-order valence-electron chi connectivity index (χ0n) is 9.29. The largest absolute Gasteiger partial charge is 0.306 e. The number of rotatable bonds is 4. The maximum absolute atomic E-state index is 3.55. The van der Waals surface area contributed by atoms with E-state index in [-0.39, 0.29) is 0 Å². The van der Waals surface area contributed by atoms with Crippen molar-refractivity contribution in [2.45, 2.75) is 19.9 Å². The van der Waals surface area contributed by atoms with Crippen molar-refractivity contribution in [1.82, 2.24) is 5.32 Å². The highest BCUT2D eigenvalue weighted by Crippen LogP contribution is 2.33. The molecule has 4 heteroatoms. The van der Waals surface area contributed by atoms with Crippen LogP contribution in [0.5, 0.6) is 0 Å². The van der Waals surface area contributed by atoms with E-state index in [9.17, 15) is 0 Å². The Kier molecular flexibility index (Phi) is 4.19. The lowest BCUT2D eigenvalue weighted by atomic mass is 10.1. The minimum atomic E-state index is 0.340. The summed E-state index contributed by atoms with van der Waals surface area (Å²) in [7, 11) is 0. The van der Waals surface area contributed by atoms with Crippen molar-refractivity contribution in [3.63, 3.8) is 0 Å². The van der Waals surface area contributed by atoms with Crippen LogP contribution >= 0.6 is 38.6 Å². The molecular formula is C12H14BrNS2. The second-order valence-electron chi connectivity index (χ2n) is 3.56. The predicted molar refractivity (Wildman–Crippen MR) is 76.6 cm³/mol. The lowest BCUT2D eigenvalue weighted by Crippen LogP contribution is -2.21. The summed E-state index contributed by atoms with van der Waals surface area (Å²) < 4.78 is 1.19. The Morgan fingerprint density at radius 1 is 1.38 bits per heavy atom. The van der Waals surface area contributed by atoms with Crippen LogP contribution in [0.4, 0.5) is 0 Å². The second kappa shape index (κ2) is 5.45. The molecule has 0 bridgehead atoms. The van der Waals surface area contributed by atoms with Crippen LogP contribution in [-0.4, -0.2) is 6.54 Å². The molecule has 2 aromatic heterocycles. The minimum absolute atomic E-state index is 0.340. The first-order valence-corrected chi connectivity index (χ1v) is 7.74. The fourth-order valence-corrected chi connectivity index (χ4v) is 4.00. The second-order valence-corrected chi connectivity index (χ2v) is 7.18. The van der Waals surface area contributed by atoms with Crippen molar-refractivity contribution in [3.8, 4) is 0 Å². The van der Waals surface area contributed by atoms with E-state index in [4.69, 9.17) is 0 Å². The third-order valence-corrected chi connectivity index (χ3v) is 5.05.